The standard InChI is InChI=1S/C16H34O4S/c1-3-5-7-9-11-15(17)13-21(19,20)14-16(18)12-10-8-6-4-2/h15-18H,3-14H2,1-2H3. The van der Waals surface area contributed by atoms with Crippen LogP contribution in [0.1, 0.15) is 78.1 Å². The van der Waals surface area contributed by atoms with E-state index in [2.05, 4.69) is 13.8 Å². The molecule has 0 aromatic rings. The van der Waals surface area contributed by atoms with Crippen LogP contribution < -0.4 is 0 Å². The smallest absolute Gasteiger partial charge is 0.155 e. The maximum atomic E-state index is 11.9. The van der Waals surface area contributed by atoms with Crippen LogP contribution in [-0.2, 0) is 9.84 Å². The Morgan fingerprint density at radius 1 is 0.714 bits per heavy atom. The van der Waals surface area contributed by atoms with Crippen LogP contribution in [0, 0.1) is 0 Å². The van der Waals surface area contributed by atoms with E-state index in [1.54, 1.807) is 0 Å². The molecule has 0 rings (SSSR count). The Kier molecular flexibility index (Phi) is 12.3. The van der Waals surface area contributed by atoms with Crippen LogP contribution in [0.15, 0.2) is 0 Å². The minimum atomic E-state index is -3.37. The Morgan fingerprint density at radius 2 is 1.10 bits per heavy atom. The first kappa shape index (κ1) is 20.9. The third-order valence-electron chi connectivity index (χ3n) is 3.67. The summed E-state index contributed by atoms with van der Waals surface area (Å²) in [4.78, 5) is 0. The van der Waals surface area contributed by atoms with Crippen molar-refractivity contribution in [2.45, 2.75) is 90.3 Å². The SMILES string of the molecule is CCCCCCC(O)CS(=O)(=O)CC(O)CCCCCC. The van der Waals surface area contributed by atoms with E-state index >= 15 is 0 Å². The van der Waals surface area contributed by atoms with Gasteiger partial charge in [-0.3, -0.25) is 0 Å². The molecular weight excluding hydrogens is 288 g/mol. The zero-order chi connectivity index (χ0) is 16.1. The van der Waals surface area contributed by atoms with Crippen molar-refractivity contribution in [2.24, 2.45) is 0 Å². The molecule has 0 aromatic carbocycles. The number of aliphatic hydroxyl groups excluding tert-OH is 2. The summed E-state index contributed by atoms with van der Waals surface area (Å²) in [5, 5.41) is 19.6. The van der Waals surface area contributed by atoms with Crippen LogP contribution in [0.3, 0.4) is 0 Å². The number of aliphatic hydroxyl groups is 2. The van der Waals surface area contributed by atoms with Gasteiger partial charge in [-0.15, -0.1) is 0 Å². The van der Waals surface area contributed by atoms with E-state index in [4.69, 9.17) is 0 Å². The number of unbranched alkanes of at least 4 members (excludes halogenated alkanes) is 6. The summed E-state index contributed by atoms with van der Waals surface area (Å²) >= 11 is 0. The molecule has 0 bridgehead atoms. The van der Waals surface area contributed by atoms with E-state index in [-0.39, 0.29) is 11.5 Å². The number of sulfone groups is 1. The van der Waals surface area contributed by atoms with Crippen molar-refractivity contribution in [3.05, 3.63) is 0 Å². The van der Waals surface area contributed by atoms with E-state index in [1.165, 1.54) is 0 Å². The van der Waals surface area contributed by atoms with Crippen LogP contribution in [-0.4, -0.2) is 42.3 Å². The first-order valence-corrected chi connectivity index (χ1v) is 10.3. The Balaban J connectivity index is 3.89. The zero-order valence-corrected chi connectivity index (χ0v) is 14.6. The summed E-state index contributed by atoms with van der Waals surface area (Å²) < 4.78 is 23.8. The minimum absolute atomic E-state index is 0.217. The molecule has 0 fully saturated rings. The molecule has 0 spiro atoms. The molecule has 0 aromatic heterocycles. The van der Waals surface area contributed by atoms with E-state index in [9.17, 15) is 18.6 Å². The molecule has 0 heterocycles. The highest BCUT2D eigenvalue weighted by Gasteiger charge is 2.21. The summed E-state index contributed by atoms with van der Waals surface area (Å²) in [6.45, 7) is 4.23. The molecule has 4 nitrogen and oxygen atoms in total. The molecule has 0 aliphatic carbocycles. The van der Waals surface area contributed by atoms with Gasteiger partial charge in [0.2, 0.25) is 0 Å². The third kappa shape index (κ3) is 13.3. The molecule has 21 heavy (non-hydrogen) atoms. The van der Waals surface area contributed by atoms with Crippen molar-refractivity contribution >= 4 is 9.84 Å². The van der Waals surface area contributed by atoms with Crippen molar-refractivity contribution in [2.75, 3.05) is 11.5 Å². The van der Waals surface area contributed by atoms with Gasteiger partial charge in [-0.2, -0.15) is 0 Å². The lowest BCUT2D eigenvalue weighted by Crippen LogP contribution is -2.28. The molecule has 0 saturated carbocycles. The molecule has 0 aliphatic heterocycles. The highest BCUT2D eigenvalue weighted by atomic mass is 32.2. The number of hydrogen-bond donors (Lipinski definition) is 2. The van der Waals surface area contributed by atoms with Crippen LogP contribution in [0.2, 0.25) is 0 Å². The van der Waals surface area contributed by atoms with Gasteiger partial charge >= 0.3 is 0 Å². The van der Waals surface area contributed by atoms with Gasteiger partial charge in [0.05, 0.1) is 23.7 Å². The predicted octanol–water partition coefficient (Wildman–Crippen LogP) is 3.06. The van der Waals surface area contributed by atoms with E-state index < -0.39 is 22.0 Å². The highest BCUT2D eigenvalue weighted by Crippen LogP contribution is 2.11. The molecule has 0 aliphatic rings. The molecule has 2 N–H and O–H groups in total. The maximum Gasteiger partial charge on any atom is 0.155 e. The van der Waals surface area contributed by atoms with E-state index in [1.807, 2.05) is 0 Å². The normalized spacial score (nSPS) is 15.0. The largest absolute Gasteiger partial charge is 0.392 e. The maximum absolute atomic E-state index is 11.9. The molecule has 2 unspecified atom stereocenters. The quantitative estimate of drug-likeness (QED) is 0.482. The van der Waals surface area contributed by atoms with Crippen LogP contribution in [0.25, 0.3) is 0 Å². The average molecular weight is 323 g/mol. The van der Waals surface area contributed by atoms with Crippen LogP contribution in [0.4, 0.5) is 0 Å². The fraction of sp³-hybridized carbons (Fsp3) is 1.00. The first-order valence-electron chi connectivity index (χ1n) is 8.47. The monoisotopic (exact) mass is 322 g/mol. The third-order valence-corrected chi connectivity index (χ3v) is 5.46. The lowest BCUT2D eigenvalue weighted by molar-refractivity contribution is 0.175. The van der Waals surface area contributed by atoms with Crippen molar-refractivity contribution in [3.8, 4) is 0 Å². The van der Waals surface area contributed by atoms with Gasteiger partial charge in [-0.25, -0.2) is 8.42 Å². The van der Waals surface area contributed by atoms with Gasteiger partial charge < -0.3 is 10.2 Å². The van der Waals surface area contributed by atoms with E-state index in [0.717, 1.165) is 51.4 Å². The summed E-state index contributed by atoms with van der Waals surface area (Å²) in [6.07, 6.45) is 7.77. The molecular formula is C16H34O4S. The highest BCUT2D eigenvalue weighted by molar-refractivity contribution is 7.91. The van der Waals surface area contributed by atoms with Gasteiger partial charge in [-0.05, 0) is 12.8 Å². The van der Waals surface area contributed by atoms with Gasteiger partial charge in [-0.1, -0.05) is 65.2 Å². The van der Waals surface area contributed by atoms with E-state index in [0.29, 0.717) is 12.8 Å². The summed E-state index contributed by atoms with van der Waals surface area (Å²) in [7, 11) is -3.37. The Hall–Kier alpha value is -0.130. The lowest BCUT2D eigenvalue weighted by Gasteiger charge is -2.14. The second kappa shape index (κ2) is 12.4. The number of rotatable bonds is 14. The lowest BCUT2D eigenvalue weighted by atomic mass is 10.1. The summed E-state index contributed by atoms with van der Waals surface area (Å²) in [6, 6.07) is 0. The van der Waals surface area contributed by atoms with Crippen molar-refractivity contribution in [1.29, 1.82) is 0 Å². The van der Waals surface area contributed by atoms with Crippen molar-refractivity contribution < 1.29 is 18.6 Å². The molecule has 0 amide bonds. The number of hydrogen-bond acceptors (Lipinski definition) is 4. The fourth-order valence-electron chi connectivity index (χ4n) is 2.43. The predicted molar refractivity (Wildman–Crippen MR) is 88.2 cm³/mol. The van der Waals surface area contributed by atoms with Gasteiger partial charge in [0, 0.05) is 0 Å². The first-order chi connectivity index (χ1) is 9.91. The second-order valence-corrected chi connectivity index (χ2v) is 8.24. The molecule has 0 radical (unpaired) electrons. The Labute approximate surface area is 130 Å². The van der Waals surface area contributed by atoms with Crippen LogP contribution >= 0.6 is 0 Å². The molecule has 128 valence electrons. The van der Waals surface area contributed by atoms with Crippen molar-refractivity contribution in [1.82, 2.24) is 0 Å². The Morgan fingerprint density at radius 3 is 1.43 bits per heavy atom. The zero-order valence-electron chi connectivity index (χ0n) is 13.8. The summed E-state index contributed by atoms with van der Waals surface area (Å²) in [5.41, 5.74) is 0. The van der Waals surface area contributed by atoms with Gasteiger partial charge in [0.15, 0.2) is 9.84 Å². The average Bonchev–Trinajstić information content (AvgIpc) is 2.38. The molecule has 5 heteroatoms. The topological polar surface area (TPSA) is 74.6 Å². The summed E-state index contributed by atoms with van der Waals surface area (Å²) in [5.74, 6) is -0.434. The van der Waals surface area contributed by atoms with Gasteiger partial charge in [0.1, 0.15) is 0 Å². The van der Waals surface area contributed by atoms with Crippen LogP contribution in [0.5, 0.6) is 0 Å². The minimum Gasteiger partial charge on any atom is -0.392 e. The molecule has 2 atom stereocenters. The Bertz CT molecular complexity index is 301. The fourth-order valence-corrected chi connectivity index (χ4v) is 4.08. The van der Waals surface area contributed by atoms with Crippen molar-refractivity contribution in [3.63, 3.8) is 0 Å². The second-order valence-electron chi connectivity index (χ2n) is 6.08. The van der Waals surface area contributed by atoms with Gasteiger partial charge in [0.25, 0.3) is 0 Å². The molecule has 0 saturated heterocycles.